The van der Waals surface area contributed by atoms with Crippen LogP contribution in [0.2, 0.25) is 0 Å². The second kappa shape index (κ2) is 5.31. The molecular formula is C12H22N2O. The highest BCUT2D eigenvalue weighted by molar-refractivity contribution is 5.80. The molecule has 0 radical (unpaired) electrons. The van der Waals surface area contributed by atoms with Crippen molar-refractivity contribution in [2.75, 3.05) is 13.1 Å². The number of hydrogen-bond donors (Lipinski definition) is 1. The SMILES string of the molecule is C=CCN(C(=O)C1CCNC1C)C(C)C. The second-order valence-electron chi connectivity index (χ2n) is 4.51. The molecule has 0 saturated carbocycles. The first-order valence-corrected chi connectivity index (χ1v) is 5.72. The van der Waals surface area contributed by atoms with Crippen LogP contribution in [0.1, 0.15) is 27.2 Å². The summed E-state index contributed by atoms with van der Waals surface area (Å²) in [5.74, 6) is 0.412. The van der Waals surface area contributed by atoms with Gasteiger partial charge in [-0.1, -0.05) is 6.08 Å². The van der Waals surface area contributed by atoms with Crippen molar-refractivity contribution in [2.24, 2.45) is 5.92 Å². The van der Waals surface area contributed by atoms with Gasteiger partial charge in [-0.3, -0.25) is 4.79 Å². The van der Waals surface area contributed by atoms with Crippen molar-refractivity contribution >= 4 is 5.91 Å². The Morgan fingerprint density at radius 2 is 2.33 bits per heavy atom. The van der Waals surface area contributed by atoms with Crippen molar-refractivity contribution in [3.8, 4) is 0 Å². The number of carbonyl (C=O) groups is 1. The van der Waals surface area contributed by atoms with E-state index < -0.39 is 0 Å². The van der Waals surface area contributed by atoms with Gasteiger partial charge in [0, 0.05) is 18.6 Å². The molecular weight excluding hydrogens is 188 g/mol. The summed E-state index contributed by atoms with van der Waals surface area (Å²) < 4.78 is 0. The fraction of sp³-hybridized carbons (Fsp3) is 0.750. The zero-order chi connectivity index (χ0) is 11.4. The molecule has 0 aliphatic carbocycles. The lowest BCUT2D eigenvalue weighted by atomic mass is 9.99. The van der Waals surface area contributed by atoms with Crippen molar-refractivity contribution in [1.29, 1.82) is 0 Å². The molecule has 1 saturated heterocycles. The predicted octanol–water partition coefficient (Wildman–Crippen LogP) is 1.41. The van der Waals surface area contributed by atoms with E-state index in [0.29, 0.717) is 12.6 Å². The highest BCUT2D eigenvalue weighted by atomic mass is 16.2. The summed E-state index contributed by atoms with van der Waals surface area (Å²) in [5, 5.41) is 3.31. The third-order valence-corrected chi connectivity index (χ3v) is 3.07. The lowest BCUT2D eigenvalue weighted by Crippen LogP contribution is -2.43. The number of rotatable bonds is 4. The first kappa shape index (κ1) is 12.2. The van der Waals surface area contributed by atoms with Gasteiger partial charge in [0.05, 0.1) is 5.92 Å². The average Bonchev–Trinajstić information content (AvgIpc) is 2.59. The highest BCUT2D eigenvalue weighted by Gasteiger charge is 2.32. The van der Waals surface area contributed by atoms with Crippen LogP contribution in [0.25, 0.3) is 0 Å². The first-order chi connectivity index (χ1) is 7.07. The van der Waals surface area contributed by atoms with Crippen molar-refractivity contribution in [3.63, 3.8) is 0 Å². The molecule has 0 aromatic rings. The Morgan fingerprint density at radius 1 is 1.67 bits per heavy atom. The van der Waals surface area contributed by atoms with Gasteiger partial charge < -0.3 is 10.2 Å². The van der Waals surface area contributed by atoms with Crippen LogP contribution in [0.3, 0.4) is 0 Å². The maximum atomic E-state index is 12.2. The predicted molar refractivity (Wildman–Crippen MR) is 62.6 cm³/mol. The molecule has 1 aliphatic heterocycles. The summed E-state index contributed by atoms with van der Waals surface area (Å²) in [7, 11) is 0. The normalized spacial score (nSPS) is 25.6. The Balaban J connectivity index is 2.66. The van der Waals surface area contributed by atoms with Gasteiger partial charge in [0.2, 0.25) is 5.91 Å². The summed E-state index contributed by atoms with van der Waals surface area (Å²) in [6.45, 7) is 11.5. The van der Waals surface area contributed by atoms with E-state index in [9.17, 15) is 4.79 Å². The number of carbonyl (C=O) groups excluding carboxylic acids is 1. The summed E-state index contributed by atoms with van der Waals surface area (Å²) in [4.78, 5) is 14.1. The Kier molecular flexibility index (Phi) is 4.33. The largest absolute Gasteiger partial charge is 0.336 e. The Morgan fingerprint density at radius 3 is 2.73 bits per heavy atom. The monoisotopic (exact) mass is 210 g/mol. The smallest absolute Gasteiger partial charge is 0.227 e. The molecule has 1 aliphatic rings. The molecule has 1 heterocycles. The van der Waals surface area contributed by atoms with E-state index >= 15 is 0 Å². The van der Waals surface area contributed by atoms with Crippen molar-refractivity contribution in [2.45, 2.75) is 39.3 Å². The van der Waals surface area contributed by atoms with Gasteiger partial charge in [-0.05, 0) is 33.7 Å². The molecule has 1 fully saturated rings. The fourth-order valence-corrected chi connectivity index (χ4v) is 2.10. The highest BCUT2D eigenvalue weighted by Crippen LogP contribution is 2.19. The van der Waals surface area contributed by atoms with Gasteiger partial charge in [-0.25, -0.2) is 0 Å². The molecule has 86 valence electrons. The summed E-state index contributed by atoms with van der Waals surface area (Å²) in [5.41, 5.74) is 0. The van der Waals surface area contributed by atoms with Gasteiger partial charge in [-0.15, -0.1) is 6.58 Å². The minimum absolute atomic E-state index is 0.146. The molecule has 0 bridgehead atoms. The Bertz CT molecular complexity index is 238. The summed E-state index contributed by atoms with van der Waals surface area (Å²) in [6.07, 6.45) is 2.76. The maximum Gasteiger partial charge on any atom is 0.227 e. The standard InChI is InChI=1S/C12H22N2O/c1-5-8-14(9(2)3)12(15)11-6-7-13-10(11)4/h5,9-11,13H,1,6-8H2,2-4H3. The van der Waals surface area contributed by atoms with E-state index in [1.165, 1.54) is 0 Å². The minimum Gasteiger partial charge on any atom is -0.336 e. The van der Waals surface area contributed by atoms with E-state index in [0.717, 1.165) is 13.0 Å². The average molecular weight is 210 g/mol. The lowest BCUT2D eigenvalue weighted by molar-refractivity contribution is -0.136. The number of amides is 1. The first-order valence-electron chi connectivity index (χ1n) is 5.72. The van der Waals surface area contributed by atoms with Crippen LogP contribution in [0.15, 0.2) is 12.7 Å². The zero-order valence-electron chi connectivity index (χ0n) is 9.99. The van der Waals surface area contributed by atoms with Crippen LogP contribution in [0.5, 0.6) is 0 Å². The maximum absolute atomic E-state index is 12.2. The van der Waals surface area contributed by atoms with Crippen LogP contribution in [-0.2, 0) is 4.79 Å². The third-order valence-electron chi connectivity index (χ3n) is 3.07. The summed E-state index contributed by atoms with van der Waals surface area (Å²) >= 11 is 0. The van der Waals surface area contributed by atoms with Gasteiger partial charge in [0.25, 0.3) is 0 Å². The molecule has 0 aromatic heterocycles. The van der Waals surface area contributed by atoms with Gasteiger partial charge >= 0.3 is 0 Å². The molecule has 1 rings (SSSR count). The van der Waals surface area contributed by atoms with E-state index in [-0.39, 0.29) is 17.9 Å². The molecule has 0 spiro atoms. The van der Waals surface area contributed by atoms with E-state index in [4.69, 9.17) is 0 Å². The van der Waals surface area contributed by atoms with Crippen LogP contribution in [-0.4, -0.2) is 36.0 Å². The van der Waals surface area contributed by atoms with E-state index in [2.05, 4.69) is 32.7 Å². The zero-order valence-corrected chi connectivity index (χ0v) is 9.99. The van der Waals surface area contributed by atoms with Gasteiger partial charge in [-0.2, -0.15) is 0 Å². The quantitative estimate of drug-likeness (QED) is 0.712. The Hall–Kier alpha value is -0.830. The van der Waals surface area contributed by atoms with E-state index in [1.807, 2.05) is 4.90 Å². The van der Waals surface area contributed by atoms with Crippen LogP contribution in [0.4, 0.5) is 0 Å². The third kappa shape index (κ3) is 2.81. The molecule has 15 heavy (non-hydrogen) atoms. The van der Waals surface area contributed by atoms with Crippen molar-refractivity contribution < 1.29 is 4.79 Å². The minimum atomic E-state index is 0.146. The topological polar surface area (TPSA) is 32.3 Å². The lowest BCUT2D eigenvalue weighted by Gasteiger charge is -2.29. The van der Waals surface area contributed by atoms with Crippen LogP contribution in [0, 0.1) is 5.92 Å². The Labute approximate surface area is 92.5 Å². The van der Waals surface area contributed by atoms with Crippen LogP contribution >= 0.6 is 0 Å². The number of hydrogen-bond acceptors (Lipinski definition) is 2. The fourth-order valence-electron chi connectivity index (χ4n) is 2.10. The van der Waals surface area contributed by atoms with Gasteiger partial charge in [0.15, 0.2) is 0 Å². The van der Waals surface area contributed by atoms with Crippen molar-refractivity contribution in [1.82, 2.24) is 10.2 Å². The molecule has 1 amide bonds. The molecule has 3 nitrogen and oxygen atoms in total. The number of nitrogens with one attached hydrogen (secondary N) is 1. The number of nitrogens with zero attached hydrogens (tertiary/aromatic N) is 1. The van der Waals surface area contributed by atoms with E-state index in [1.54, 1.807) is 6.08 Å². The second-order valence-corrected chi connectivity index (χ2v) is 4.51. The molecule has 2 unspecified atom stereocenters. The molecule has 2 atom stereocenters. The van der Waals surface area contributed by atoms with Crippen molar-refractivity contribution in [3.05, 3.63) is 12.7 Å². The molecule has 1 N–H and O–H groups in total. The molecule has 0 aromatic carbocycles. The van der Waals surface area contributed by atoms with Crippen LogP contribution < -0.4 is 5.32 Å². The molecule has 3 heteroatoms. The summed E-state index contributed by atoms with van der Waals surface area (Å²) in [6, 6.07) is 0.562. The van der Waals surface area contributed by atoms with Gasteiger partial charge in [0.1, 0.15) is 0 Å².